The van der Waals surface area contributed by atoms with Gasteiger partial charge in [0.2, 0.25) is 5.91 Å². The van der Waals surface area contributed by atoms with Crippen molar-refractivity contribution < 1.29 is 14.3 Å². The number of hydrogen-bond donors (Lipinski definition) is 1. The van der Waals surface area contributed by atoms with Crippen LogP contribution in [0, 0.1) is 11.8 Å². The zero-order chi connectivity index (χ0) is 27.7. The first kappa shape index (κ1) is 30.2. The molecule has 10 heteroatoms. The molecular weight excluding hydrogens is 540 g/mol. The molecule has 1 amide bonds. The SMILES string of the molecule is CCCCC(C)Cn1c(SCC(=O)Nc2scc(CC(C)C)c2C(=O)OCC)nnc1-c1ccc(Cl)cc1. The van der Waals surface area contributed by atoms with Crippen molar-refractivity contribution >= 4 is 51.6 Å². The number of carbonyl (C=O) groups excluding carboxylic acids is 2. The standard InChI is InChI=1S/C28H37ClN4O3S2/c1-6-8-9-19(5)15-33-25(20-10-12-22(29)13-11-20)31-32-28(33)38-17-23(34)30-26-24(27(35)36-7-2)21(16-37-26)14-18(3)4/h10-13,16,18-19H,6-9,14-15,17H2,1-5H3,(H,30,34). The number of anilines is 1. The number of thioether (sulfide) groups is 1. The molecule has 0 aliphatic heterocycles. The quantitative estimate of drug-likeness (QED) is 0.157. The summed E-state index contributed by atoms with van der Waals surface area (Å²) < 4.78 is 7.37. The maximum absolute atomic E-state index is 13.0. The van der Waals surface area contributed by atoms with Gasteiger partial charge in [0.1, 0.15) is 5.00 Å². The summed E-state index contributed by atoms with van der Waals surface area (Å²) >= 11 is 8.79. The van der Waals surface area contributed by atoms with Gasteiger partial charge in [-0.2, -0.15) is 0 Å². The fourth-order valence-corrected chi connectivity index (χ4v) is 5.98. The number of rotatable bonds is 14. The number of halogens is 1. The van der Waals surface area contributed by atoms with Gasteiger partial charge in [-0.05, 0) is 66.8 Å². The Hall–Kier alpha value is -2.36. The molecule has 3 aromatic rings. The van der Waals surface area contributed by atoms with E-state index in [0.717, 1.165) is 49.2 Å². The largest absolute Gasteiger partial charge is 0.462 e. The Morgan fingerprint density at radius 1 is 1.16 bits per heavy atom. The molecule has 1 N–H and O–H groups in total. The van der Waals surface area contributed by atoms with Gasteiger partial charge in [-0.25, -0.2) is 4.79 Å². The van der Waals surface area contributed by atoms with Gasteiger partial charge < -0.3 is 14.6 Å². The Morgan fingerprint density at radius 3 is 2.55 bits per heavy atom. The lowest BCUT2D eigenvalue weighted by atomic mass is 10.0. The molecule has 2 heterocycles. The van der Waals surface area contributed by atoms with Crippen molar-refractivity contribution in [2.75, 3.05) is 17.7 Å². The topological polar surface area (TPSA) is 86.1 Å². The molecule has 2 aromatic heterocycles. The van der Waals surface area contributed by atoms with Crippen molar-refractivity contribution in [3.05, 3.63) is 45.8 Å². The summed E-state index contributed by atoms with van der Waals surface area (Å²) in [6.45, 7) is 11.4. The maximum atomic E-state index is 13.0. The van der Waals surface area contributed by atoms with Crippen molar-refractivity contribution in [3.8, 4) is 11.4 Å². The van der Waals surface area contributed by atoms with E-state index < -0.39 is 5.97 Å². The molecule has 0 spiro atoms. The minimum atomic E-state index is -0.402. The van der Waals surface area contributed by atoms with Gasteiger partial charge in [-0.1, -0.05) is 63.9 Å². The highest BCUT2D eigenvalue weighted by Gasteiger charge is 2.23. The van der Waals surface area contributed by atoms with E-state index in [4.69, 9.17) is 16.3 Å². The van der Waals surface area contributed by atoms with Crippen LogP contribution in [-0.4, -0.2) is 39.0 Å². The highest BCUT2D eigenvalue weighted by Crippen LogP contribution is 2.32. The number of carbonyl (C=O) groups is 2. The highest BCUT2D eigenvalue weighted by atomic mass is 35.5. The van der Waals surface area contributed by atoms with Crippen LogP contribution in [0.5, 0.6) is 0 Å². The molecule has 0 radical (unpaired) electrons. The third-order valence-corrected chi connectivity index (χ3v) is 8.09. The number of nitrogens with one attached hydrogen (secondary N) is 1. The number of nitrogens with zero attached hydrogens (tertiary/aromatic N) is 3. The van der Waals surface area contributed by atoms with Crippen LogP contribution in [0.4, 0.5) is 5.00 Å². The summed E-state index contributed by atoms with van der Waals surface area (Å²) in [5, 5.41) is 15.6. The third-order valence-electron chi connectivity index (χ3n) is 5.92. The van der Waals surface area contributed by atoms with E-state index in [2.05, 4.69) is 47.8 Å². The predicted octanol–water partition coefficient (Wildman–Crippen LogP) is 7.59. The second-order valence-electron chi connectivity index (χ2n) is 9.79. The minimum absolute atomic E-state index is 0.141. The summed E-state index contributed by atoms with van der Waals surface area (Å²) in [7, 11) is 0. The lowest BCUT2D eigenvalue weighted by Gasteiger charge is -2.16. The van der Waals surface area contributed by atoms with Gasteiger partial charge in [0.15, 0.2) is 11.0 Å². The van der Waals surface area contributed by atoms with Crippen LogP contribution < -0.4 is 5.32 Å². The first-order valence-corrected chi connectivity index (χ1v) is 15.4. The van der Waals surface area contributed by atoms with Crippen LogP contribution in [0.25, 0.3) is 11.4 Å². The van der Waals surface area contributed by atoms with Crippen molar-refractivity contribution in [3.63, 3.8) is 0 Å². The molecule has 1 unspecified atom stereocenters. The molecule has 1 aromatic carbocycles. The van der Waals surface area contributed by atoms with Crippen LogP contribution in [-0.2, 0) is 22.5 Å². The van der Waals surface area contributed by atoms with Gasteiger partial charge in [0, 0.05) is 17.1 Å². The lowest BCUT2D eigenvalue weighted by Crippen LogP contribution is -2.17. The molecule has 206 valence electrons. The number of amides is 1. The van der Waals surface area contributed by atoms with Crippen LogP contribution in [0.1, 0.15) is 69.8 Å². The molecule has 38 heavy (non-hydrogen) atoms. The highest BCUT2D eigenvalue weighted by molar-refractivity contribution is 7.99. The average Bonchev–Trinajstić information content (AvgIpc) is 3.45. The fourth-order valence-electron chi connectivity index (χ4n) is 4.12. The zero-order valence-electron chi connectivity index (χ0n) is 22.8. The monoisotopic (exact) mass is 576 g/mol. The second-order valence-corrected chi connectivity index (χ2v) is 12.1. The summed E-state index contributed by atoms with van der Waals surface area (Å²) in [4.78, 5) is 25.7. The summed E-state index contributed by atoms with van der Waals surface area (Å²) in [6.07, 6.45) is 4.15. The summed E-state index contributed by atoms with van der Waals surface area (Å²) in [5.41, 5.74) is 2.29. The van der Waals surface area contributed by atoms with Crippen LogP contribution in [0.2, 0.25) is 5.02 Å². The Morgan fingerprint density at radius 2 is 1.89 bits per heavy atom. The van der Waals surface area contributed by atoms with E-state index in [0.29, 0.717) is 32.6 Å². The molecular formula is C28H37ClN4O3S2. The summed E-state index contributed by atoms with van der Waals surface area (Å²) in [6, 6.07) is 7.55. The number of esters is 1. The van der Waals surface area contributed by atoms with E-state index in [1.165, 1.54) is 23.1 Å². The van der Waals surface area contributed by atoms with E-state index >= 15 is 0 Å². The van der Waals surface area contributed by atoms with Crippen molar-refractivity contribution in [2.45, 2.75) is 72.0 Å². The fraction of sp³-hybridized carbons (Fsp3) is 0.500. The van der Waals surface area contributed by atoms with Gasteiger partial charge in [0.05, 0.1) is 17.9 Å². The Labute approximate surface area is 238 Å². The van der Waals surface area contributed by atoms with E-state index in [-0.39, 0.29) is 18.3 Å². The Bertz CT molecular complexity index is 1210. The Balaban J connectivity index is 1.77. The number of benzene rings is 1. The number of hydrogen-bond acceptors (Lipinski definition) is 7. The molecule has 7 nitrogen and oxygen atoms in total. The predicted molar refractivity (Wildman–Crippen MR) is 157 cm³/mol. The average molecular weight is 577 g/mol. The zero-order valence-corrected chi connectivity index (χ0v) is 25.1. The molecule has 0 aliphatic carbocycles. The molecule has 1 atom stereocenters. The van der Waals surface area contributed by atoms with Gasteiger partial charge >= 0.3 is 5.97 Å². The maximum Gasteiger partial charge on any atom is 0.341 e. The normalized spacial score (nSPS) is 12.1. The van der Waals surface area contributed by atoms with Gasteiger partial charge in [-0.15, -0.1) is 21.5 Å². The number of unbranched alkanes of at least 4 members (excludes halogenated alkanes) is 1. The second kappa shape index (κ2) is 14.7. The third kappa shape index (κ3) is 8.32. The van der Waals surface area contributed by atoms with Crippen molar-refractivity contribution in [1.29, 1.82) is 0 Å². The molecule has 0 saturated carbocycles. The molecule has 0 bridgehead atoms. The lowest BCUT2D eigenvalue weighted by molar-refractivity contribution is -0.113. The van der Waals surface area contributed by atoms with Crippen molar-refractivity contribution in [1.82, 2.24) is 14.8 Å². The minimum Gasteiger partial charge on any atom is -0.462 e. The molecule has 0 aliphatic rings. The van der Waals surface area contributed by atoms with Gasteiger partial charge in [0.25, 0.3) is 0 Å². The van der Waals surface area contributed by atoms with E-state index in [1.54, 1.807) is 6.92 Å². The molecule has 3 rings (SSSR count). The smallest absolute Gasteiger partial charge is 0.341 e. The number of aromatic nitrogens is 3. The molecule has 0 saturated heterocycles. The first-order chi connectivity index (χ1) is 18.2. The van der Waals surface area contributed by atoms with Gasteiger partial charge in [-0.3, -0.25) is 4.79 Å². The van der Waals surface area contributed by atoms with Crippen LogP contribution in [0.15, 0.2) is 34.8 Å². The van der Waals surface area contributed by atoms with Crippen LogP contribution in [0.3, 0.4) is 0 Å². The van der Waals surface area contributed by atoms with E-state index in [1.807, 2.05) is 29.6 Å². The summed E-state index contributed by atoms with van der Waals surface area (Å²) in [5.74, 6) is 1.09. The first-order valence-electron chi connectivity index (χ1n) is 13.1. The Kier molecular flexibility index (Phi) is 11.7. The molecule has 0 fully saturated rings. The number of thiophene rings is 1. The van der Waals surface area contributed by atoms with Crippen LogP contribution >= 0.6 is 34.7 Å². The van der Waals surface area contributed by atoms with E-state index in [9.17, 15) is 9.59 Å². The van der Waals surface area contributed by atoms with Crippen molar-refractivity contribution in [2.24, 2.45) is 11.8 Å². The number of ether oxygens (including phenoxy) is 1.